The Bertz CT molecular complexity index is 351. The van der Waals surface area contributed by atoms with Crippen LogP contribution in [0.15, 0.2) is 42.6 Å². The lowest BCUT2D eigenvalue weighted by atomic mass is 10.2. The average Bonchev–Trinajstić information content (AvgIpc) is 2.20. The minimum absolute atomic E-state index is 0.595. The zero-order chi connectivity index (χ0) is 11.1. The molecule has 0 atom stereocenters. The molecule has 0 radical (unpaired) electrons. The van der Waals surface area contributed by atoms with Gasteiger partial charge in [0.25, 0.3) is 0 Å². The largest absolute Gasteiger partial charge is 0.488 e. The Kier molecular flexibility index (Phi) is 4.61. The van der Waals surface area contributed by atoms with Crippen molar-refractivity contribution in [2.75, 3.05) is 6.61 Å². The quantitative estimate of drug-likeness (QED) is 0.686. The third kappa shape index (κ3) is 3.98. The van der Waals surface area contributed by atoms with E-state index in [1.165, 1.54) is 5.57 Å². The molecule has 1 heterocycles. The second-order valence-corrected chi connectivity index (χ2v) is 3.53. The van der Waals surface area contributed by atoms with E-state index >= 15 is 0 Å². The van der Waals surface area contributed by atoms with E-state index in [9.17, 15) is 0 Å². The summed E-state index contributed by atoms with van der Waals surface area (Å²) in [5.41, 5.74) is 2.19. The highest BCUT2D eigenvalue weighted by Gasteiger charge is 2.01. The highest BCUT2D eigenvalue weighted by Crippen LogP contribution is 2.16. The molecule has 0 saturated carbocycles. The summed E-state index contributed by atoms with van der Waals surface area (Å²) in [6.45, 7) is 8.40. The Morgan fingerprint density at radius 3 is 3.00 bits per heavy atom. The minimum Gasteiger partial charge on any atom is -0.488 e. The standard InChI is InChI=1S/C13H17NO/c1-4-6-12-13(7-5-9-14-12)15-10-8-11(2)3/h4-5,7-9H,1,6,10H2,2-3H3. The van der Waals surface area contributed by atoms with Crippen LogP contribution in [-0.4, -0.2) is 11.6 Å². The predicted molar refractivity (Wildman–Crippen MR) is 63.1 cm³/mol. The van der Waals surface area contributed by atoms with Crippen LogP contribution in [0.3, 0.4) is 0 Å². The van der Waals surface area contributed by atoms with Gasteiger partial charge in [-0.1, -0.05) is 11.6 Å². The monoisotopic (exact) mass is 203 g/mol. The number of nitrogens with zero attached hydrogens (tertiary/aromatic N) is 1. The first-order valence-corrected chi connectivity index (χ1v) is 5.05. The summed E-state index contributed by atoms with van der Waals surface area (Å²) in [4.78, 5) is 4.25. The molecule has 0 unspecified atom stereocenters. The lowest BCUT2D eigenvalue weighted by Gasteiger charge is -2.07. The van der Waals surface area contributed by atoms with Crippen LogP contribution in [0.1, 0.15) is 19.5 Å². The van der Waals surface area contributed by atoms with Crippen molar-refractivity contribution in [1.82, 2.24) is 4.98 Å². The first-order chi connectivity index (χ1) is 7.24. The molecule has 0 aliphatic carbocycles. The van der Waals surface area contributed by atoms with E-state index in [4.69, 9.17) is 4.74 Å². The summed E-state index contributed by atoms with van der Waals surface area (Å²) in [6, 6.07) is 3.81. The molecule has 80 valence electrons. The molecule has 0 fully saturated rings. The molecule has 0 aliphatic heterocycles. The van der Waals surface area contributed by atoms with Gasteiger partial charge in [-0.15, -0.1) is 6.58 Å². The summed E-state index contributed by atoms with van der Waals surface area (Å²) in [6.07, 6.45) is 6.39. The molecule has 0 aliphatic rings. The van der Waals surface area contributed by atoms with Gasteiger partial charge >= 0.3 is 0 Å². The van der Waals surface area contributed by atoms with Crippen molar-refractivity contribution in [2.45, 2.75) is 20.3 Å². The fourth-order valence-electron chi connectivity index (χ4n) is 1.14. The van der Waals surface area contributed by atoms with Crippen LogP contribution in [0.25, 0.3) is 0 Å². The molecule has 15 heavy (non-hydrogen) atoms. The summed E-state index contributed by atoms with van der Waals surface area (Å²) >= 11 is 0. The molecule has 1 aromatic rings. The topological polar surface area (TPSA) is 22.1 Å². The molecule has 0 saturated heterocycles. The number of hydrogen-bond acceptors (Lipinski definition) is 2. The van der Waals surface area contributed by atoms with Crippen molar-refractivity contribution in [1.29, 1.82) is 0 Å². The molecule has 0 bridgehead atoms. The van der Waals surface area contributed by atoms with Gasteiger partial charge < -0.3 is 4.74 Å². The molecule has 0 N–H and O–H groups in total. The van der Waals surface area contributed by atoms with Gasteiger partial charge in [-0.25, -0.2) is 0 Å². The van der Waals surface area contributed by atoms with Crippen molar-refractivity contribution < 1.29 is 4.74 Å². The van der Waals surface area contributed by atoms with Gasteiger partial charge in [-0.2, -0.15) is 0 Å². The van der Waals surface area contributed by atoms with E-state index in [1.807, 2.05) is 24.3 Å². The number of aromatic nitrogens is 1. The first kappa shape index (κ1) is 11.5. The number of hydrogen-bond donors (Lipinski definition) is 0. The van der Waals surface area contributed by atoms with Gasteiger partial charge in [0.2, 0.25) is 0 Å². The third-order valence-corrected chi connectivity index (χ3v) is 1.92. The maximum atomic E-state index is 5.61. The molecule has 2 nitrogen and oxygen atoms in total. The van der Waals surface area contributed by atoms with Gasteiger partial charge in [0, 0.05) is 12.6 Å². The zero-order valence-corrected chi connectivity index (χ0v) is 9.36. The minimum atomic E-state index is 0.595. The number of rotatable bonds is 5. The van der Waals surface area contributed by atoms with Crippen molar-refractivity contribution in [2.24, 2.45) is 0 Å². The molecule has 0 amide bonds. The van der Waals surface area contributed by atoms with Crippen LogP contribution in [0.4, 0.5) is 0 Å². The number of pyridine rings is 1. The third-order valence-electron chi connectivity index (χ3n) is 1.92. The van der Waals surface area contributed by atoms with Crippen molar-refractivity contribution in [3.05, 3.63) is 48.3 Å². The van der Waals surface area contributed by atoms with Crippen LogP contribution in [0, 0.1) is 0 Å². The summed E-state index contributed by atoms with van der Waals surface area (Å²) in [5, 5.41) is 0. The SMILES string of the molecule is C=CCc1ncccc1OCC=C(C)C. The first-order valence-electron chi connectivity index (χ1n) is 5.05. The van der Waals surface area contributed by atoms with Crippen LogP contribution in [0.5, 0.6) is 5.75 Å². The fourth-order valence-corrected chi connectivity index (χ4v) is 1.14. The smallest absolute Gasteiger partial charge is 0.141 e. The van der Waals surface area contributed by atoms with Gasteiger partial charge in [-0.05, 0) is 32.1 Å². The van der Waals surface area contributed by atoms with Crippen LogP contribution < -0.4 is 4.74 Å². The van der Waals surface area contributed by atoms with Crippen LogP contribution >= 0.6 is 0 Å². The molecule has 1 rings (SSSR count). The van der Waals surface area contributed by atoms with E-state index in [0.29, 0.717) is 6.61 Å². The van der Waals surface area contributed by atoms with Gasteiger partial charge in [-0.3, -0.25) is 4.98 Å². The Morgan fingerprint density at radius 2 is 2.33 bits per heavy atom. The Balaban J connectivity index is 2.66. The Morgan fingerprint density at radius 1 is 1.53 bits per heavy atom. The van der Waals surface area contributed by atoms with E-state index in [2.05, 4.69) is 25.4 Å². The second kappa shape index (κ2) is 6.02. The van der Waals surface area contributed by atoms with Gasteiger partial charge in [0.15, 0.2) is 0 Å². The van der Waals surface area contributed by atoms with Crippen molar-refractivity contribution >= 4 is 0 Å². The maximum Gasteiger partial charge on any atom is 0.141 e. The molecule has 0 aromatic carbocycles. The molecular weight excluding hydrogens is 186 g/mol. The lowest BCUT2D eigenvalue weighted by molar-refractivity contribution is 0.356. The summed E-state index contributed by atoms with van der Waals surface area (Å²) in [5.74, 6) is 0.842. The normalized spacial score (nSPS) is 9.47. The molecule has 0 spiro atoms. The molecule has 2 heteroatoms. The second-order valence-electron chi connectivity index (χ2n) is 3.53. The van der Waals surface area contributed by atoms with Gasteiger partial charge in [0.05, 0.1) is 5.69 Å². The van der Waals surface area contributed by atoms with Crippen molar-refractivity contribution in [3.8, 4) is 5.75 Å². The zero-order valence-electron chi connectivity index (χ0n) is 9.36. The van der Waals surface area contributed by atoms with E-state index in [0.717, 1.165) is 17.9 Å². The average molecular weight is 203 g/mol. The van der Waals surface area contributed by atoms with Gasteiger partial charge in [0.1, 0.15) is 12.4 Å². The van der Waals surface area contributed by atoms with E-state index in [1.54, 1.807) is 6.20 Å². The maximum absolute atomic E-state index is 5.61. The van der Waals surface area contributed by atoms with E-state index in [-0.39, 0.29) is 0 Å². The Labute approximate surface area is 91.3 Å². The lowest BCUT2D eigenvalue weighted by Crippen LogP contribution is -1.99. The molecule has 1 aromatic heterocycles. The highest BCUT2D eigenvalue weighted by molar-refractivity contribution is 5.28. The Hall–Kier alpha value is -1.57. The summed E-state index contributed by atoms with van der Waals surface area (Å²) in [7, 11) is 0. The molecular formula is C13H17NO. The summed E-state index contributed by atoms with van der Waals surface area (Å²) < 4.78 is 5.61. The van der Waals surface area contributed by atoms with Crippen molar-refractivity contribution in [3.63, 3.8) is 0 Å². The van der Waals surface area contributed by atoms with Crippen LogP contribution in [0.2, 0.25) is 0 Å². The highest BCUT2D eigenvalue weighted by atomic mass is 16.5. The fraction of sp³-hybridized carbons (Fsp3) is 0.308. The van der Waals surface area contributed by atoms with E-state index < -0.39 is 0 Å². The van der Waals surface area contributed by atoms with Crippen LogP contribution in [-0.2, 0) is 6.42 Å². The predicted octanol–water partition coefficient (Wildman–Crippen LogP) is 3.16. The number of allylic oxidation sites excluding steroid dienone is 2. The number of ether oxygens (including phenoxy) is 1.